The topological polar surface area (TPSA) is 61.6 Å². The maximum absolute atomic E-state index is 9.11. The van der Waals surface area contributed by atoms with Gasteiger partial charge in [0.2, 0.25) is 0 Å². The first-order valence-corrected chi connectivity index (χ1v) is 5.92. The van der Waals surface area contributed by atoms with Crippen molar-refractivity contribution in [2.45, 2.75) is 6.61 Å². The molecule has 1 aromatic carbocycles. The Morgan fingerprint density at radius 3 is 2.63 bits per heavy atom. The lowest BCUT2D eigenvalue weighted by Gasteiger charge is -2.04. The van der Waals surface area contributed by atoms with Gasteiger partial charge in [-0.3, -0.25) is 0 Å². The van der Waals surface area contributed by atoms with Crippen molar-refractivity contribution in [2.75, 3.05) is 14.1 Å². The molecule has 0 aliphatic heterocycles. The number of rotatable bonds is 4. The van der Waals surface area contributed by atoms with Crippen LogP contribution in [0.5, 0.6) is 0 Å². The third-order valence-electron chi connectivity index (χ3n) is 2.44. The zero-order valence-corrected chi connectivity index (χ0v) is 11.0. The van der Waals surface area contributed by atoms with Crippen LogP contribution in [0.1, 0.15) is 5.56 Å². The molecule has 2 aromatic rings. The van der Waals surface area contributed by atoms with E-state index in [4.69, 9.17) is 5.11 Å². The van der Waals surface area contributed by atoms with E-state index in [-0.39, 0.29) is 6.61 Å². The van der Waals surface area contributed by atoms with Crippen molar-refractivity contribution in [2.24, 2.45) is 4.99 Å². The van der Waals surface area contributed by atoms with Crippen LogP contribution in [0.15, 0.2) is 41.7 Å². The third-order valence-corrected chi connectivity index (χ3v) is 2.44. The van der Waals surface area contributed by atoms with Crippen molar-refractivity contribution in [1.29, 1.82) is 0 Å². The second-order valence-electron chi connectivity index (χ2n) is 4.33. The molecule has 0 aliphatic carbocycles. The van der Waals surface area contributed by atoms with Crippen molar-refractivity contribution < 1.29 is 5.11 Å². The summed E-state index contributed by atoms with van der Waals surface area (Å²) >= 11 is 0. The summed E-state index contributed by atoms with van der Waals surface area (Å²) in [5.41, 5.74) is 2.43. The van der Waals surface area contributed by atoms with Crippen LogP contribution in [-0.4, -0.2) is 40.4 Å². The quantitative estimate of drug-likeness (QED) is 0.670. The summed E-state index contributed by atoms with van der Waals surface area (Å²) in [5.74, 6) is 0.624. The molecule has 1 N–H and O–H groups in total. The van der Waals surface area contributed by atoms with Gasteiger partial charge < -0.3 is 10.0 Å². The molecule has 0 bridgehead atoms. The number of aromatic nitrogens is 2. The molecule has 0 radical (unpaired) electrons. The molecule has 0 unspecified atom stereocenters. The molecule has 98 valence electrons. The smallest absolute Gasteiger partial charge is 0.159 e. The molecule has 2 rings (SSSR count). The fourth-order valence-corrected chi connectivity index (χ4v) is 1.53. The summed E-state index contributed by atoms with van der Waals surface area (Å²) in [5, 5.41) is 9.11. The maximum atomic E-state index is 9.11. The zero-order chi connectivity index (χ0) is 13.7. The van der Waals surface area contributed by atoms with Gasteiger partial charge in [-0.2, -0.15) is 0 Å². The predicted octanol–water partition coefficient (Wildman–Crippen LogP) is 1.86. The van der Waals surface area contributed by atoms with Gasteiger partial charge in [0.1, 0.15) is 5.69 Å². The largest absolute Gasteiger partial charge is 0.392 e. The fourth-order valence-electron chi connectivity index (χ4n) is 1.53. The van der Waals surface area contributed by atoms with E-state index in [1.807, 2.05) is 43.3 Å². The molecule has 19 heavy (non-hydrogen) atoms. The minimum absolute atomic E-state index is 0.0129. The van der Waals surface area contributed by atoms with Crippen molar-refractivity contribution in [3.8, 4) is 11.4 Å². The van der Waals surface area contributed by atoms with Gasteiger partial charge in [-0.25, -0.2) is 15.0 Å². The monoisotopic (exact) mass is 256 g/mol. The Bertz CT molecular complexity index is 564. The average molecular weight is 256 g/mol. The van der Waals surface area contributed by atoms with Crippen LogP contribution in [0.4, 0.5) is 5.69 Å². The van der Waals surface area contributed by atoms with Gasteiger partial charge in [-0.05, 0) is 11.6 Å². The van der Waals surface area contributed by atoms with Crippen LogP contribution < -0.4 is 0 Å². The molecule has 0 aliphatic rings. The first-order valence-electron chi connectivity index (χ1n) is 5.92. The molecule has 0 atom stereocenters. The van der Waals surface area contributed by atoms with Gasteiger partial charge in [0, 0.05) is 19.7 Å². The summed E-state index contributed by atoms with van der Waals surface area (Å²) in [6.07, 6.45) is 5.05. The van der Waals surface area contributed by atoms with Crippen molar-refractivity contribution in [1.82, 2.24) is 14.9 Å². The molecular formula is C14H16N4O. The second-order valence-corrected chi connectivity index (χ2v) is 4.33. The molecule has 5 heteroatoms. The number of benzene rings is 1. The van der Waals surface area contributed by atoms with E-state index in [0.29, 0.717) is 11.5 Å². The third kappa shape index (κ3) is 3.59. The molecular weight excluding hydrogens is 240 g/mol. The average Bonchev–Trinajstić information content (AvgIpc) is 2.45. The van der Waals surface area contributed by atoms with Crippen molar-refractivity contribution >= 4 is 12.0 Å². The van der Waals surface area contributed by atoms with Crippen molar-refractivity contribution in [3.63, 3.8) is 0 Å². The van der Waals surface area contributed by atoms with E-state index in [1.165, 1.54) is 0 Å². The van der Waals surface area contributed by atoms with Gasteiger partial charge in [0.15, 0.2) is 5.82 Å². The number of hydrogen-bond acceptors (Lipinski definition) is 4. The highest BCUT2D eigenvalue weighted by molar-refractivity contribution is 5.61. The second kappa shape index (κ2) is 6.06. The van der Waals surface area contributed by atoms with E-state index in [1.54, 1.807) is 18.7 Å². The van der Waals surface area contributed by atoms with Gasteiger partial charge in [0.05, 0.1) is 25.3 Å². The van der Waals surface area contributed by atoms with Crippen LogP contribution >= 0.6 is 0 Å². The van der Waals surface area contributed by atoms with E-state index in [0.717, 1.165) is 11.1 Å². The van der Waals surface area contributed by atoms with Crippen LogP contribution in [0.2, 0.25) is 0 Å². The summed E-state index contributed by atoms with van der Waals surface area (Å²) in [7, 11) is 3.80. The van der Waals surface area contributed by atoms with Gasteiger partial charge in [0.25, 0.3) is 0 Å². The minimum Gasteiger partial charge on any atom is -0.392 e. The molecule has 0 spiro atoms. The van der Waals surface area contributed by atoms with E-state index in [9.17, 15) is 0 Å². The lowest BCUT2D eigenvalue weighted by atomic mass is 10.1. The van der Waals surface area contributed by atoms with E-state index < -0.39 is 0 Å². The fraction of sp³-hybridized carbons (Fsp3) is 0.214. The Kier molecular flexibility index (Phi) is 4.20. The molecule has 0 saturated heterocycles. The molecule has 0 fully saturated rings. The Balaban J connectivity index is 2.22. The molecule has 1 heterocycles. The first-order chi connectivity index (χ1) is 9.19. The summed E-state index contributed by atoms with van der Waals surface area (Å²) in [6.45, 7) is 0.0129. The number of aliphatic hydroxyl groups excluding tert-OH is 1. The summed E-state index contributed by atoms with van der Waals surface area (Å²) in [6, 6.07) is 7.52. The van der Waals surface area contributed by atoms with Crippen LogP contribution in [0.25, 0.3) is 11.4 Å². The highest BCUT2D eigenvalue weighted by Crippen LogP contribution is 2.18. The highest BCUT2D eigenvalue weighted by Gasteiger charge is 2.02. The standard InChI is InChI=1S/C14H16N4O/c1-18(2)10-17-13-7-15-14(16-8-13)12-5-3-4-11(6-12)9-19/h3-8,10,19H,9H2,1-2H3. The lowest BCUT2D eigenvalue weighted by Crippen LogP contribution is -2.07. The Morgan fingerprint density at radius 1 is 1.26 bits per heavy atom. The SMILES string of the molecule is CN(C)C=Nc1cnc(-c2cccc(CO)c2)nc1. The Morgan fingerprint density at radius 2 is 2.00 bits per heavy atom. The number of aliphatic hydroxyl groups is 1. The van der Waals surface area contributed by atoms with E-state index >= 15 is 0 Å². The number of hydrogen-bond donors (Lipinski definition) is 1. The maximum Gasteiger partial charge on any atom is 0.159 e. The van der Waals surface area contributed by atoms with Crippen LogP contribution in [0.3, 0.4) is 0 Å². The molecule has 0 saturated carbocycles. The molecule has 1 aromatic heterocycles. The van der Waals surface area contributed by atoms with Gasteiger partial charge in [-0.15, -0.1) is 0 Å². The van der Waals surface area contributed by atoms with E-state index in [2.05, 4.69) is 15.0 Å². The summed E-state index contributed by atoms with van der Waals surface area (Å²) < 4.78 is 0. The Hall–Kier alpha value is -2.27. The molecule has 0 amide bonds. The highest BCUT2D eigenvalue weighted by atomic mass is 16.3. The number of nitrogens with zero attached hydrogens (tertiary/aromatic N) is 4. The first kappa shape index (κ1) is 13.2. The van der Waals surface area contributed by atoms with Crippen molar-refractivity contribution in [3.05, 3.63) is 42.2 Å². The predicted molar refractivity (Wildman–Crippen MR) is 75.2 cm³/mol. The zero-order valence-electron chi connectivity index (χ0n) is 11.0. The minimum atomic E-state index is 0.0129. The summed E-state index contributed by atoms with van der Waals surface area (Å²) in [4.78, 5) is 14.6. The lowest BCUT2D eigenvalue weighted by molar-refractivity contribution is 0.282. The molecule has 5 nitrogen and oxygen atoms in total. The van der Waals surface area contributed by atoms with Crippen LogP contribution in [0, 0.1) is 0 Å². The van der Waals surface area contributed by atoms with Gasteiger partial charge >= 0.3 is 0 Å². The number of aliphatic imine (C=N–C) groups is 1. The van der Waals surface area contributed by atoms with Crippen LogP contribution in [-0.2, 0) is 6.61 Å². The normalized spacial score (nSPS) is 10.9. The Labute approximate surface area is 112 Å². The van der Waals surface area contributed by atoms with Gasteiger partial charge in [-0.1, -0.05) is 18.2 Å².